The van der Waals surface area contributed by atoms with Gasteiger partial charge in [-0.15, -0.1) is 0 Å². The summed E-state index contributed by atoms with van der Waals surface area (Å²) in [5, 5.41) is 0. The number of hydrogen-bond acceptors (Lipinski definition) is 3. The summed E-state index contributed by atoms with van der Waals surface area (Å²) >= 11 is 0. The minimum absolute atomic E-state index is 0.389. The number of H-pyrrole nitrogens is 2. The van der Waals surface area contributed by atoms with Crippen molar-refractivity contribution >= 4 is 0 Å². The third kappa shape index (κ3) is 2.51. The van der Waals surface area contributed by atoms with Crippen LogP contribution in [0, 0.1) is 0 Å². The number of benzene rings is 1. The molecule has 1 aromatic heterocycles. The van der Waals surface area contributed by atoms with Crippen LogP contribution in [0.5, 0.6) is 0 Å². The summed E-state index contributed by atoms with van der Waals surface area (Å²) in [6.07, 6.45) is 2.22. The van der Waals surface area contributed by atoms with Crippen molar-refractivity contribution in [1.29, 1.82) is 0 Å². The van der Waals surface area contributed by atoms with Gasteiger partial charge in [0.05, 0.1) is 5.56 Å². The van der Waals surface area contributed by atoms with Crippen molar-refractivity contribution in [3.8, 4) is 11.1 Å². The Kier molecular flexibility index (Phi) is 3.20. The van der Waals surface area contributed by atoms with Gasteiger partial charge in [0.2, 0.25) is 0 Å². The van der Waals surface area contributed by atoms with Crippen LogP contribution < -0.4 is 17.0 Å². The zero-order valence-corrected chi connectivity index (χ0v) is 9.19. The monoisotopic (exact) mass is 231 g/mol. The van der Waals surface area contributed by atoms with Crippen molar-refractivity contribution in [2.75, 3.05) is 6.54 Å². The summed E-state index contributed by atoms with van der Waals surface area (Å²) in [4.78, 5) is 27.1. The molecule has 0 amide bonds. The van der Waals surface area contributed by atoms with Gasteiger partial charge in [-0.3, -0.25) is 9.78 Å². The molecule has 0 atom stereocenters. The molecule has 0 radical (unpaired) electrons. The molecule has 0 bridgehead atoms. The van der Waals surface area contributed by atoms with E-state index in [0.717, 1.165) is 17.5 Å². The highest BCUT2D eigenvalue weighted by Gasteiger charge is 2.03. The van der Waals surface area contributed by atoms with Gasteiger partial charge in [-0.1, -0.05) is 24.3 Å². The minimum Gasteiger partial charge on any atom is -0.330 e. The lowest BCUT2D eigenvalue weighted by Crippen LogP contribution is -2.22. The van der Waals surface area contributed by atoms with E-state index in [0.29, 0.717) is 12.1 Å². The average molecular weight is 231 g/mol. The molecule has 0 aliphatic rings. The van der Waals surface area contributed by atoms with Crippen LogP contribution in [0.25, 0.3) is 11.1 Å². The number of aromatic amines is 2. The van der Waals surface area contributed by atoms with Crippen LogP contribution in [0.4, 0.5) is 0 Å². The second kappa shape index (κ2) is 4.80. The van der Waals surface area contributed by atoms with Crippen LogP contribution in [-0.2, 0) is 6.42 Å². The van der Waals surface area contributed by atoms with Gasteiger partial charge in [-0.05, 0) is 24.1 Å². The largest absolute Gasteiger partial charge is 0.330 e. The third-order valence-corrected chi connectivity index (χ3v) is 2.52. The average Bonchev–Trinajstić information content (AvgIpc) is 2.31. The van der Waals surface area contributed by atoms with E-state index < -0.39 is 5.69 Å². The molecule has 17 heavy (non-hydrogen) atoms. The van der Waals surface area contributed by atoms with Gasteiger partial charge in [0.25, 0.3) is 5.56 Å². The van der Waals surface area contributed by atoms with E-state index in [2.05, 4.69) is 9.97 Å². The zero-order chi connectivity index (χ0) is 12.3. The maximum atomic E-state index is 11.6. The fraction of sp³-hybridized carbons (Fsp3) is 0.167. The Hall–Kier alpha value is -2.14. The van der Waals surface area contributed by atoms with E-state index in [-0.39, 0.29) is 5.56 Å². The predicted molar refractivity (Wildman–Crippen MR) is 65.9 cm³/mol. The number of aromatic nitrogens is 2. The zero-order valence-electron chi connectivity index (χ0n) is 9.19. The van der Waals surface area contributed by atoms with E-state index >= 15 is 0 Å². The first kappa shape index (κ1) is 11.3. The Bertz CT molecular complexity index is 611. The van der Waals surface area contributed by atoms with Crippen LogP contribution in [-0.4, -0.2) is 16.5 Å². The number of hydrogen-bond donors (Lipinski definition) is 3. The molecule has 0 saturated carbocycles. The molecular formula is C12H13N3O2. The maximum Gasteiger partial charge on any atom is 0.325 e. The molecule has 2 aromatic rings. The van der Waals surface area contributed by atoms with Gasteiger partial charge in [0, 0.05) is 6.20 Å². The molecule has 2 rings (SSSR count). The Morgan fingerprint density at radius 1 is 1.12 bits per heavy atom. The van der Waals surface area contributed by atoms with Gasteiger partial charge in [-0.2, -0.15) is 0 Å². The van der Waals surface area contributed by atoms with Crippen LogP contribution in [0.2, 0.25) is 0 Å². The standard InChI is InChI=1S/C12H13N3O2/c13-6-5-8-1-3-9(4-2-8)10-7-14-12(17)15-11(10)16/h1-4,7H,5-6,13H2,(H2,14,15,16,17). The maximum absolute atomic E-state index is 11.6. The summed E-state index contributed by atoms with van der Waals surface area (Å²) in [7, 11) is 0. The molecule has 0 aliphatic carbocycles. The normalized spacial score (nSPS) is 10.4. The summed E-state index contributed by atoms with van der Waals surface area (Å²) in [6.45, 7) is 0.596. The molecule has 0 unspecified atom stereocenters. The summed E-state index contributed by atoms with van der Waals surface area (Å²) in [5.74, 6) is 0. The van der Waals surface area contributed by atoms with Gasteiger partial charge < -0.3 is 10.7 Å². The first-order valence-corrected chi connectivity index (χ1v) is 5.32. The molecule has 5 heteroatoms. The summed E-state index contributed by atoms with van der Waals surface area (Å²) < 4.78 is 0. The van der Waals surface area contributed by atoms with Crippen LogP contribution >= 0.6 is 0 Å². The molecule has 0 spiro atoms. The second-order valence-corrected chi connectivity index (χ2v) is 3.72. The topological polar surface area (TPSA) is 91.7 Å². The second-order valence-electron chi connectivity index (χ2n) is 3.72. The first-order chi connectivity index (χ1) is 8.20. The van der Waals surface area contributed by atoms with E-state index in [9.17, 15) is 9.59 Å². The van der Waals surface area contributed by atoms with E-state index in [4.69, 9.17) is 5.73 Å². The van der Waals surface area contributed by atoms with Crippen molar-refractivity contribution in [3.63, 3.8) is 0 Å². The molecule has 5 nitrogen and oxygen atoms in total. The van der Waals surface area contributed by atoms with Crippen LogP contribution in [0.3, 0.4) is 0 Å². The molecule has 4 N–H and O–H groups in total. The Labute approximate surface area is 97.3 Å². The highest BCUT2D eigenvalue weighted by molar-refractivity contribution is 5.61. The molecule has 0 fully saturated rings. The molecule has 88 valence electrons. The number of nitrogens with one attached hydrogen (secondary N) is 2. The van der Waals surface area contributed by atoms with Gasteiger partial charge in [0.15, 0.2) is 0 Å². The number of nitrogens with two attached hydrogens (primary N) is 1. The highest BCUT2D eigenvalue weighted by atomic mass is 16.2. The summed E-state index contributed by atoms with van der Waals surface area (Å²) in [6, 6.07) is 7.53. The fourth-order valence-electron chi connectivity index (χ4n) is 1.64. The third-order valence-electron chi connectivity index (χ3n) is 2.52. The van der Waals surface area contributed by atoms with Crippen molar-refractivity contribution in [1.82, 2.24) is 9.97 Å². The van der Waals surface area contributed by atoms with E-state index in [1.807, 2.05) is 24.3 Å². The van der Waals surface area contributed by atoms with Gasteiger partial charge in [-0.25, -0.2) is 4.79 Å². The van der Waals surface area contributed by atoms with Gasteiger partial charge >= 0.3 is 5.69 Å². The predicted octanol–water partition coefficient (Wildman–Crippen LogP) is 0.231. The lowest BCUT2D eigenvalue weighted by Gasteiger charge is -2.02. The number of rotatable bonds is 3. The molecule has 0 saturated heterocycles. The first-order valence-electron chi connectivity index (χ1n) is 5.32. The molecular weight excluding hydrogens is 218 g/mol. The molecule has 1 heterocycles. The lowest BCUT2D eigenvalue weighted by molar-refractivity contribution is 0.969. The molecule has 1 aromatic carbocycles. The quantitative estimate of drug-likeness (QED) is 0.706. The Balaban J connectivity index is 2.40. The van der Waals surface area contributed by atoms with E-state index in [1.54, 1.807) is 0 Å². The fourth-order valence-corrected chi connectivity index (χ4v) is 1.64. The SMILES string of the molecule is NCCc1ccc(-c2c[nH]c(=O)[nH]c2=O)cc1. The Morgan fingerprint density at radius 3 is 2.41 bits per heavy atom. The minimum atomic E-state index is -0.501. The van der Waals surface area contributed by atoms with Crippen molar-refractivity contribution < 1.29 is 0 Å². The van der Waals surface area contributed by atoms with Gasteiger partial charge in [0.1, 0.15) is 0 Å². The summed E-state index contributed by atoms with van der Waals surface area (Å²) in [5.41, 5.74) is 6.90. The smallest absolute Gasteiger partial charge is 0.325 e. The van der Waals surface area contributed by atoms with Crippen LogP contribution in [0.1, 0.15) is 5.56 Å². The Morgan fingerprint density at radius 2 is 1.82 bits per heavy atom. The van der Waals surface area contributed by atoms with Crippen molar-refractivity contribution in [3.05, 3.63) is 56.9 Å². The highest BCUT2D eigenvalue weighted by Crippen LogP contribution is 2.14. The van der Waals surface area contributed by atoms with E-state index in [1.165, 1.54) is 6.20 Å². The molecule has 0 aliphatic heterocycles. The van der Waals surface area contributed by atoms with Crippen LogP contribution in [0.15, 0.2) is 40.1 Å². The van der Waals surface area contributed by atoms with Crippen molar-refractivity contribution in [2.24, 2.45) is 5.73 Å². The van der Waals surface area contributed by atoms with Crippen molar-refractivity contribution in [2.45, 2.75) is 6.42 Å². The lowest BCUT2D eigenvalue weighted by atomic mass is 10.1.